The maximum atomic E-state index is 12.3. The van der Waals surface area contributed by atoms with Gasteiger partial charge in [0.05, 0.1) is 11.4 Å². The zero-order valence-electron chi connectivity index (χ0n) is 15.0. The monoisotopic (exact) mass is 394 g/mol. The number of thioether (sulfide) groups is 1. The lowest BCUT2D eigenvalue weighted by atomic mass is 10.1. The third-order valence-electron chi connectivity index (χ3n) is 4.10. The first-order valence-electron chi connectivity index (χ1n) is 8.49. The quantitative estimate of drug-likeness (QED) is 0.494. The Morgan fingerprint density at radius 3 is 2.70 bits per heavy atom. The number of hydrogen-bond acceptors (Lipinski definition) is 5. The van der Waals surface area contributed by atoms with Crippen molar-refractivity contribution >= 4 is 39.7 Å². The second-order valence-corrected chi connectivity index (χ2v) is 8.07. The maximum absolute atomic E-state index is 12.3. The van der Waals surface area contributed by atoms with Crippen LogP contribution in [-0.2, 0) is 4.79 Å². The van der Waals surface area contributed by atoms with Crippen LogP contribution in [0.5, 0.6) is 0 Å². The van der Waals surface area contributed by atoms with Gasteiger partial charge >= 0.3 is 0 Å². The highest BCUT2D eigenvalue weighted by molar-refractivity contribution is 7.99. The van der Waals surface area contributed by atoms with Gasteiger partial charge in [0.2, 0.25) is 10.9 Å². The number of aryl methyl sites for hydroxylation is 2. The van der Waals surface area contributed by atoms with E-state index in [9.17, 15) is 4.79 Å². The summed E-state index contributed by atoms with van der Waals surface area (Å²) < 4.78 is 2.01. The average Bonchev–Trinajstić information content (AvgIpc) is 3.23. The molecule has 136 valence electrons. The molecule has 0 atom stereocenters. The molecule has 1 amide bonds. The summed E-state index contributed by atoms with van der Waals surface area (Å²) >= 11 is 2.94. The van der Waals surface area contributed by atoms with Crippen LogP contribution in [0.1, 0.15) is 11.1 Å². The Balaban J connectivity index is 1.51. The number of benzene rings is 2. The summed E-state index contributed by atoms with van der Waals surface area (Å²) in [7, 11) is 0. The summed E-state index contributed by atoms with van der Waals surface area (Å²) in [6.07, 6.45) is 0. The third-order valence-corrected chi connectivity index (χ3v) is 5.85. The predicted molar refractivity (Wildman–Crippen MR) is 112 cm³/mol. The number of fused-ring (bicyclic) bond motifs is 1. The summed E-state index contributed by atoms with van der Waals surface area (Å²) in [6, 6.07) is 16.1. The second-order valence-electron chi connectivity index (χ2n) is 6.29. The van der Waals surface area contributed by atoms with E-state index in [-0.39, 0.29) is 11.7 Å². The van der Waals surface area contributed by atoms with E-state index in [4.69, 9.17) is 0 Å². The average molecular weight is 395 g/mol. The standard InChI is InChI=1S/C20H18N4OS2/c1-13-6-8-15(9-7-13)17-11-26-19-22-23-20(24(17)19)27-12-18(25)21-16-5-3-4-14(2)10-16/h3-11H,12H2,1-2H3,(H,21,25). The van der Waals surface area contributed by atoms with Crippen LogP contribution in [0, 0.1) is 13.8 Å². The topological polar surface area (TPSA) is 59.3 Å². The fourth-order valence-corrected chi connectivity index (χ4v) is 4.40. The van der Waals surface area contributed by atoms with Crippen LogP contribution in [0.3, 0.4) is 0 Å². The van der Waals surface area contributed by atoms with Crippen molar-refractivity contribution in [1.82, 2.24) is 14.6 Å². The van der Waals surface area contributed by atoms with Crippen LogP contribution in [-0.4, -0.2) is 26.3 Å². The first-order chi connectivity index (χ1) is 13.1. The largest absolute Gasteiger partial charge is 0.325 e. The van der Waals surface area contributed by atoms with Gasteiger partial charge in [-0.3, -0.25) is 9.20 Å². The molecule has 27 heavy (non-hydrogen) atoms. The van der Waals surface area contributed by atoms with Crippen LogP contribution < -0.4 is 5.32 Å². The van der Waals surface area contributed by atoms with Crippen LogP contribution in [0.25, 0.3) is 16.2 Å². The Morgan fingerprint density at radius 1 is 1.11 bits per heavy atom. The number of aromatic nitrogens is 3. The Morgan fingerprint density at radius 2 is 1.93 bits per heavy atom. The SMILES string of the molecule is Cc1ccc(-c2csc3nnc(SCC(=O)Nc4cccc(C)c4)n23)cc1. The highest BCUT2D eigenvalue weighted by Gasteiger charge is 2.15. The molecule has 0 fully saturated rings. The van der Waals surface area contributed by atoms with Crippen LogP contribution in [0.2, 0.25) is 0 Å². The molecule has 2 aromatic heterocycles. The molecule has 0 saturated carbocycles. The van der Waals surface area contributed by atoms with E-state index in [1.807, 2.05) is 35.6 Å². The minimum Gasteiger partial charge on any atom is -0.325 e. The predicted octanol–water partition coefficient (Wildman–Crippen LogP) is 4.81. The lowest BCUT2D eigenvalue weighted by Crippen LogP contribution is -2.14. The van der Waals surface area contributed by atoms with E-state index in [0.29, 0.717) is 0 Å². The zero-order valence-corrected chi connectivity index (χ0v) is 16.6. The summed E-state index contributed by atoms with van der Waals surface area (Å²) in [6.45, 7) is 4.07. The molecule has 4 aromatic rings. The molecule has 0 saturated heterocycles. The Kier molecular flexibility index (Phi) is 4.96. The fourth-order valence-electron chi connectivity index (χ4n) is 2.77. The van der Waals surface area contributed by atoms with E-state index in [1.165, 1.54) is 17.3 Å². The fraction of sp³-hybridized carbons (Fsp3) is 0.150. The molecule has 7 heteroatoms. The van der Waals surface area contributed by atoms with E-state index >= 15 is 0 Å². The summed E-state index contributed by atoms with van der Waals surface area (Å²) in [5.74, 6) is 0.215. The van der Waals surface area contributed by atoms with Crippen LogP contribution >= 0.6 is 23.1 Å². The smallest absolute Gasteiger partial charge is 0.234 e. The van der Waals surface area contributed by atoms with Gasteiger partial charge < -0.3 is 5.32 Å². The van der Waals surface area contributed by atoms with Crippen molar-refractivity contribution in [3.05, 3.63) is 65.0 Å². The molecule has 0 aliphatic carbocycles. The van der Waals surface area contributed by atoms with Gasteiger partial charge in [0.25, 0.3) is 0 Å². The first kappa shape index (κ1) is 17.8. The van der Waals surface area contributed by atoms with Gasteiger partial charge in [-0.2, -0.15) is 0 Å². The third kappa shape index (κ3) is 3.89. The minimum absolute atomic E-state index is 0.0607. The van der Waals surface area contributed by atoms with Crippen molar-refractivity contribution in [1.29, 1.82) is 0 Å². The van der Waals surface area contributed by atoms with E-state index in [2.05, 4.69) is 52.1 Å². The van der Waals surface area contributed by atoms with Gasteiger partial charge in [-0.15, -0.1) is 21.5 Å². The number of amides is 1. The zero-order chi connectivity index (χ0) is 18.8. The number of thiazole rings is 1. The van der Waals surface area contributed by atoms with Gasteiger partial charge in [0, 0.05) is 11.1 Å². The van der Waals surface area contributed by atoms with Crippen molar-refractivity contribution in [2.24, 2.45) is 0 Å². The number of anilines is 1. The van der Waals surface area contributed by atoms with Crippen molar-refractivity contribution in [3.63, 3.8) is 0 Å². The maximum Gasteiger partial charge on any atom is 0.234 e. The van der Waals surface area contributed by atoms with Gasteiger partial charge in [0.1, 0.15) is 0 Å². The number of carbonyl (C=O) groups excluding carboxylic acids is 1. The van der Waals surface area contributed by atoms with Crippen molar-refractivity contribution in [3.8, 4) is 11.3 Å². The van der Waals surface area contributed by atoms with E-state index < -0.39 is 0 Å². The molecule has 1 N–H and O–H groups in total. The lowest BCUT2D eigenvalue weighted by molar-refractivity contribution is -0.113. The van der Waals surface area contributed by atoms with Gasteiger partial charge in [-0.05, 0) is 37.1 Å². The van der Waals surface area contributed by atoms with E-state index in [1.54, 1.807) is 11.3 Å². The number of nitrogens with one attached hydrogen (secondary N) is 1. The van der Waals surface area contributed by atoms with Gasteiger partial charge in [-0.1, -0.05) is 53.7 Å². The first-order valence-corrected chi connectivity index (χ1v) is 10.4. The molecule has 0 radical (unpaired) electrons. The van der Waals surface area contributed by atoms with Crippen molar-refractivity contribution < 1.29 is 4.79 Å². The summed E-state index contributed by atoms with van der Waals surface area (Å²) in [4.78, 5) is 13.1. The van der Waals surface area contributed by atoms with Crippen molar-refractivity contribution in [2.45, 2.75) is 19.0 Å². The number of rotatable bonds is 5. The summed E-state index contributed by atoms with van der Waals surface area (Å²) in [5.41, 5.74) is 5.29. The second kappa shape index (κ2) is 7.54. The molecule has 2 aromatic carbocycles. The molecule has 4 rings (SSSR count). The molecule has 0 spiro atoms. The molecule has 0 aliphatic heterocycles. The van der Waals surface area contributed by atoms with Crippen LogP contribution in [0.15, 0.2) is 59.1 Å². The molecular formula is C20H18N4OS2. The molecule has 0 unspecified atom stereocenters. The normalized spacial score (nSPS) is 11.0. The molecule has 0 bridgehead atoms. The molecular weight excluding hydrogens is 376 g/mol. The van der Waals surface area contributed by atoms with Crippen LogP contribution in [0.4, 0.5) is 5.69 Å². The molecule has 5 nitrogen and oxygen atoms in total. The van der Waals surface area contributed by atoms with Gasteiger partial charge in [0.15, 0.2) is 5.16 Å². The highest BCUT2D eigenvalue weighted by atomic mass is 32.2. The Labute approximate surface area is 165 Å². The number of nitrogens with zero attached hydrogens (tertiary/aromatic N) is 3. The highest BCUT2D eigenvalue weighted by Crippen LogP contribution is 2.30. The molecule has 2 heterocycles. The lowest BCUT2D eigenvalue weighted by Gasteiger charge is -2.06. The Hall–Kier alpha value is -2.64. The minimum atomic E-state index is -0.0607. The number of hydrogen-bond donors (Lipinski definition) is 1. The number of carbonyl (C=O) groups is 1. The molecule has 0 aliphatic rings. The van der Waals surface area contributed by atoms with E-state index in [0.717, 1.165) is 32.6 Å². The Bertz CT molecular complexity index is 1100. The summed E-state index contributed by atoms with van der Waals surface area (Å²) in [5, 5.41) is 14.2. The van der Waals surface area contributed by atoms with Crippen molar-refractivity contribution in [2.75, 3.05) is 11.1 Å². The van der Waals surface area contributed by atoms with Gasteiger partial charge in [-0.25, -0.2) is 0 Å².